The van der Waals surface area contributed by atoms with E-state index in [9.17, 15) is 66.7 Å². The average Bonchev–Trinajstić information content (AvgIpc) is 2.75. The molecule has 0 saturated heterocycles. The summed E-state index contributed by atoms with van der Waals surface area (Å²) in [6.45, 7) is 2.74. The average molecular weight is 581 g/mol. The van der Waals surface area contributed by atoms with Gasteiger partial charge in [0, 0.05) is 12.8 Å². The highest BCUT2D eigenvalue weighted by atomic mass is 19.4. The summed E-state index contributed by atoms with van der Waals surface area (Å²) in [5.74, 6) is -39.2. The number of ketones is 1. The minimum Gasteiger partial charge on any atom is -0.447 e. The van der Waals surface area contributed by atoms with Crippen LogP contribution in [-0.2, 0) is 16.0 Å². The van der Waals surface area contributed by atoms with Crippen molar-refractivity contribution in [2.24, 2.45) is 0 Å². The number of halogens is 13. The van der Waals surface area contributed by atoms with Gasteiger partial charge in [-0.25, -0.2) is 4.79 Å². The molecule has 0 heterocycles. The lowest BCUT2D eigenvalue weighted by molar-refractivity contribution is -0.440. The van der Waals surface area contributed by atoms with Crippen LogP contribution in [-0.4, -0.2) is 59.8 Å². The van der Waals surface area contributed by atoms with Crippen molar-refractivity contribution in [3.63, 3.8) is 0 Å². The molecule has 0 spiro atoms. The Labute approximate surface area is 206 Å². The van der Waals surface area contributed by atoms with Gasteiger partial charge in [0.2, 0.25) is 0 Å². The fourth-order valence-electron chi connectivity index (χ4n) is 2.90. The van der Waals surface area contributed by atoms with Crippen LogP contribution in [0.3, 0.4) is 0 Å². The maximum absolute atomic E-state index is 14.0. The zero-order chi connectivity index (χ0) is 30.0. The Morgan fingerprint density at radius 2 is 1.24 bits per heavy atom. The van der Waals surface area contributed by atoms with E-state index in [-0.39, 0.29) is 5.56 Å². The fraction of sp³-hybridized carbons (Fsp3) is 0.619. The molecule has 0 bridgehead atoms. The van der Waals surface area contributed by atoms with Crippen LogP contribution in [0.1, 0.15) is 32.3 Å². The van der Waals surface area contributed by atoms with E-state index in [1.54, 1.807) is 0 Å². The third-order valence-electron chi connectivity index (χ3n) is 4.99. The number of benzene rings is 1. The zero-order valence-corrected chi connectivity index (χ0v) is 19.3. The molecule has 0 unspecified atom stereocenters. The normalized spacial score (nSPS) is 14.8. The Kier molecular flexibility index (Phi) is 9.77. The predicted molar refractivity (Wildman–Crippen MR) is 104 cm³/mol. The summed E-state index contributed by atoms with van der Waals surface area (Å²) in [6, 6.07) is 5.35. The van der Waals surface area contributed by atoms with Gasteiger partial charge in [-0.1, -0.05) is 30.3 Å². The van der Waals surface area contributed by atoms with Crippen LogP contribution in [0, 0.1) is 0 Å². The Balaban J connectivity index is 3.21. The van der Waals surface area contributed by atoms with E-state index in [0.717, 1.165) is 0 Å². The number of nitrogens with one attached hydrogen (secondary N) is 1. The van der Waals surface area contributed by atoms with Crippen molar-refractivity contribution in [2.75, 3.05) is 0 Å². The Hall–Kier alpha value is -2.75. The van der Waals surface area contributed by atoms with Crippen molar-refractivity contribution >= 4 is 11.9 Å². The second-order valence-electron chi connectivity index (χ2n) is 8.31. The van der Waals surface area contributed by atoms with Gasteiger partial charge in [-0.3, -0.25) is 4.79 Å². The van der Waals surface area contributed by atoms with Crippen molar-refractivity contribution in [3.05, 3.63) is 35.9 Å². The molecule has 1 N–H and O–H groups in total. The number of rotatable bonds is 12. The van der Waals surface area contributed by atoms with Crippen LogP contribution in [0.25, 0.3) is 0 Å². The molecule has 218 valence electrons. The summed E-state index contributed by atoms with van der Waals surface area (Å²) in [5.41, 5.74) is 0.272. The number of carbonyl (C=O) groups is 2. The van der Waals surface area contributed by atoms with Crippen LogP contribution in [0.4, 0.5) is 61.9 Å². The number of amides is 1. The highest BCUT2D eigenvalue weighted by Crippen LogP contribution is 2.60. The molecule has 1 aromatic rings. The molecule has 38 heavy (non-hydrogen) atoms. The van der Waals surface area contributed by atoms with Crippen LogP contribution < -0.4 is 5.32 Å². The summed E-state index contributed by atoms with van der Waals surface area (Å²) in [7, 11) is 0. The first-order chi connectivity index (χ1) is 16.9. The van der Waals surface area contributed by atoms with Crippen molar-refractivity contribution in [2.45, 2.75) is 81.0 Å². The maximum atomic E-state index is 14.0. The van der Waals surface area contributed by atoms with Gasteiger partial charge in [-0.2, -0.15) is 57.1 Å². The minimum absolute atomic E-state index is 0.272. The number of alkyl carbamates (subject to hydrolysis) is 1. The predicted octanol–water partition coefficient (Wildman–Crippen LogP) is 6.82. The molecule has 0 aromatic heterocycles. The number of hydrogen-bond acceptors (Lipinski definition) is 3. The molecular formula is C21H20F13NO3. The van der Waals surface area contributed by atoms with Gasteiger partial charge >= 0.3 is 41.9 Å². The summed E-state index contributed by atoms with van der Waals surface area (Å²) in [6.07, 6.45) is -14.5. The Bertz CT molecular complexity index is 963. The highest BCUT2D eigenvalue weighted by Gasteiger charge is 2.90. The molecule has 0 aliphatic carbocycles. The molecule has 0 radical (unpaired) electrons. The molecule has 0 saturated carbocycles. The molecule has 1 aromatic carbocycles. The van der Waals surface area contributed by atoms with Crippen molar-refractivity contribution in [1.29, 1.82) is 0 Å². The van der Waals surface area contributed by atoms with E-state index in [0.29, 0.717) is 0 Å². The summed E-state index contributed by atoms with van der Waals surface area (Å²) in [5, 5.41) is 1.93. The number of hydrogen-bond donors (Lipinski definition) is 1. The van der Waals surface area contributed by atoms with Gasteiger partial charge < -0.3 is 10.1 Å². The molecule has 1 rings (SSSR count). The first-order valence-electron chi connectivity index (χ1n) is 10.4. The molecular weight excluding hydrogens is 561 g/mol. The number of carbonyl (C=O) groups excluding carboxylic acids is 2. The van der Waals surface area contributed by atoms with Gasteiger partial charge in [-0.05, 0) is 25.8 Å². The van der Waals surface area contributed by atoms with Crippen molar-refractivity contribution < 1.29 is 71.4 Å². The summed E-state index contributed by atoms with van der Waals surface area (Å²) in [4.78, 5) is 24.3. The van der Waals surface area contributed by atoms with E-state index < -0.39 is 79.1 Å². The fourth-order valence-corrected chi connectivity index (χ4v) is 2.90. The quantitative estimate of drug-likeness (QED) is 0.276. The highest BCUT2D eigenvalue weighted by molar-refractivity contribution is 5.87. The van der Waals surface area contributed by atoms with E-state index in [4.69, 9.17) is 4.74 Å². The molecule has 0 fully saturated rings. The van der Waals surface area contributed by atoms with E-state index in [2.05, 4.69) is 0 Å². The zero-order valence-electron chi connectivity index (χ0n) is 19.3. The van der Waals surface area contributed by atoms with Gasteiger partial charge in [0.25, 0.3) is 0 Å². The molecule has 17 heteroatoms. The third kappa shape index (κ3) is 6.62. The van der Waals surface area contributed by atoms with E-state index in [1.807, 2.05) is 5.32 Å². The molecule has 4 nitrogen and oxygen atoms in total. The number of alkyl halides is 13. The third-order valence-corrected chi connectivity index (χ3v) is 4.99. The lowest BCUT2D eigenvalue weighted by Crippen LogP contribution is -2.70. The standard InChI is InChI=1S/C21H20F13NO3/c1-11(2)38-15(37)35-13(10-12-6-4-3-5-7-12)14(36)8-9-16(22,23)17(24,25)18(26,27)19(28,29)20(30,31)21(32,33)34/h3-7,11,13H,8-10H2,1-2H3,(H,35,37)/t13-/m0/s1. The monoisotopic (exact) mass is 581 g/mol. The lowest BCUT2D eigenvalue weighted by Gasteiger charge is -2.39. The van der Waals surface area contributed by atoms with Crippen LogP contribution in [0.2, 0.25) is 0 Å². The smallest absolute Gasteiger partial charge is 0.447 e. The summed E-state index contributed by atoms with van der Waals surface area (Å²) < 4.78 is 177. The van der Waals surface area contributed by atoms with Crippen molar-refractivity contribution in [3.8, 4) is 0 Å². The second-order valence-corrected chi connectivity index (χ2v) is 8.31. The molecule has 0 aliphatic heterocycles. The molecule has 0 aliphatic rings. The first-order valence-corrected chi connectivity index (χ1v) is 10.4. The topological polar surface area (TPSA) is 55.4 Å². The SMILES string of the molecule is CC(C)OC(=O)N[C@@H](Cc1ccccc1)C(=O)CCC(F)(F)C(F)(F)C(F)(F)C(F)(F)C(F)(F)C(F)(F)F. The van der Waals surface area contributed by atoms with Crippen LogP contribution in [0.15, 0.2) is 30.3 Å². The van der Waals surface area contributed by atoms with E-state index >= 15 is 0 Å². The number of Topliss-reactive ketones (excluding diaryl/α,β-unsaturated/α-hetero) is 1. The van der Waals surface area contributed by atoms with Crippen LogP contribution >= 0.6 is 0 Å². The molecule has 1 atom stereocenters. The lowest BCUT2D eigenvalue weighted by atomic mass is 9.90. The Morgan fingerprint density at radius 1 is 0.763 bits per heavy atom. The minimum atomic E-state index is -8.02. The largest absolute Gasteiger partial charge is 0.460 e. The maximum Gasteiger partial charge on any atom is 0.460 e. The Morgan fingerprint density at radius 3 is 1.68 bits per heavy atom. The van der Waals surface area contributed by atoms with Gasteiger partial charge in [0.05, 0.1) is 12.1 Å². The second kappa shape index (κ2) is 11.2. The van der Waals surface area contributed by atoms with Crippen LogP contribution in [0.5, 0.6) is 0 Å². The van der Waals surface area contributed by atoms with E-state index in [1.165, 1.54) is 44.2 Å². The number of ether oxygens (including phenoxy) is 1. The van der Waals surface area contributed by atoms with Crippen molar-refractivity contribution in [1.82, 2.24) is 5.32 Å². The van der Waals surface area contributed by atoms with Gasteiger partial charge in [-0.15, -0.1) is 0 Å². The molecule has 1 amide bonds. The summed E-state index contributed by atoms with van der Waals surface area (Å²) >= 11 is 0. The van der Waals surface area contributed by atoms with Gasteiger partial charge in [0.15, 0.2) is 5.78 Å². The van der Waals surface area contributed by atoms with Gasteiger partial charge in [0.1, 0.15) is 0 Å². The first kappa shape index (κ1) is 33.3.